The topological polar surface area (TPSA) is 113 Å². The van der Waals surface area contributed by atoms with E-state index in [4.69, 9.17) is 31.6 Å². The average Bonchev–Trinajstić information content (AvgIpc) is 2.67. The lowest BCUT2D eigenvalue weighted by Crippen LogP contribution is -2.44. The van der Waals surface area contributed by atoms with Crippen LogP contribution in [0.4, 0.5) is 0 Å². The van der Waals surface area contributed by atoms with Crippen LogP contribution in [0.15, 0.2) is 46.2 Å². The molecule has 0 aliphatic heterocycles. The summed E-state index contributed by atoms with van der Waals surface area (Å²) in [5, 5.41) is 10.6. The Morgan fingerprint density at radius 2 is 1.93 bits per heavy atom. The molecule has 30 heavy (non-hydrogen) atoms. The standard InChI is InChI=1S/C21H29ClNO5PS/c1-3-4-10-21(23,14-28-29(25,26)27)11-9-16-6-7-17(13-18(16)22)30-20-12-15(2)5-8-19(20)24/h5-8,12-13,24H,3-4,9-11,14,23H2,1-2H3,(H2,25,26,27)/t21-/m0/s1. The molecule has 0 unspecified atom stereocenters. The van der Waals surface area contributed by atoms with Gasteiger partial charge in [0.1, 0.15) is 5.75 Å². The van der Waals surface area contributed by atoms with Gasteiger partial charge in [-0.25, -0.2) is 4.57 Å². The Morgan fingerprint density at radius 3 is 2.57 bits per heavy atom. The van der Waals surface area contributed by atoms with Gasteiger partial charge in [-0.1, -0.05) is 55.3 Å². The molecule has 0 saturated carbocycles. The molecule has 0 heterocycles. The second kappa shape index (κ2) is 11.0. The van der Waals surface area contributed by atoms with Crippen LogP contribution in [0.25, 0.3) is 0 Å². The van der Waals surface area contributed by atoms with Crippen molar-refractivity contribution in [3.63, 3.8) is 0 Å². The molecule has 0 aliphatic carbocycles. The summed E-state index contributed by atoms with van der Waals surface area (Å²) in [5.74, 6) is 0.222. The number of halogens is 1. The molecule has 0 fully saturated rings. The van der Waals surface area contributed by atoms with Crippen LogP contribution >= 0.6 is 31.2 Å². The van der Waals surface area contributed by atoms with E-state index in [0.717, 1.165) is 33.8 Å². The first-order chi connectivity index (χ1) is 14.0. The number of aromatic hydroxyl groups is 1. The third-order valence-electron chi connectivity index (χ3n) is 4.81. The maximum Gasteiger partial charge on any atom is 0.469 e. The minimum absolute atomic E-state index is 0.213. The summed E-state index contributed by atoms with van der Waals surface area (Å²) in [5.41, 5.74) is 7.52. The van der Waals surface area contributed by atoms with E-state index in [2.05, 4.69) is 0 Å². The van der Waals surface area contributed by atoms with Crippen molar-refractivity contribution in [3.8, 4) is 5.75 Å². The van der Waals surface area contributed by atoms with Crippen molar-refractivity contribution in [2.75, 3.05) is 6.61 Å². The number of phenols is 1. The van der Waals surface area contributed by atoms with Crippen molar-refractivity contribution >= 4 is 31.2 Å². The fraction of sp³-hybridized carbons (Fsp3) is 0.429. The van der Waals surface area contributed by atoms with Gasteiger partial charge in [0.15, 0.2) is 0 Å². The number of phenolic OH excluding ortho intramolecular Hbond substituents is 1. The molecule has 1 atom stereocenters. The van der Waals surface area contributed by atoms with Crippen molar-refractivity contribution < 1.29 is 24.0 Å². The number of phosphoric ester groups is 1. The van der Waals surface area contributed by atoms with Crippen LogP contribution in [-0.2, 0) is 15.5 Å². The van der Waals surface area contributed by atoms with Crippen LogP contribution in [0, 0.1) is 6.92 Å². The number of unbranched alkanes of at least 4 members (excludes halogenated alkanes) is 1. The Labute approximate surface area is 187 Å². The summed E-state index contributed by atoms with van der Waals surface area (Å²) in [4.78, 5) is 19.7. The van der Waals surface area contributed by atoms with Gasteiger partial charge in [0.05, 0.1) is 11.5 Å². The smallest absolute Gasteiger partial charge is 0.469 e. The van der Waals surface area contributed by atoms with E-state index in [-0.39, 0.29) is 12.4 Å². The predicted molar refractivity (Wildman–Crippen MR) is 121 cm³/mol. The van der Waals surface area contributed by atoms with E-state index in [1.807, 2.05) is 44.2 Å². The normalized spacial score (nSPS) is 13.9. The SMILES string of the molecule is CCCC[C@](N)(CCc1ccc(Sc2cc(C)ccc2O)cc1Cl)COP(=O)(O)O. The van der Waals surface area contributed by atoms with Crippen LogP contribution in [0.1, 0.15) is 43.7 Å². The van der Waals surface area contributed by atoms with Gasteiger partial charge in [-0.15, -0.1) is 0 Å². The maximum absolute atomic E-state index is 11.1. The van der Waals surface area contributed by atoms with Gasteiger partial charge in [-0.05, 0) is 61.6 Å². The van der Waals surface area contributed by atoms with Crippen LogP contribution in [-0.4, -0.2) is 27.0 Å². The molecular formula is C21H29ClNO5PS. The highest BCUT2D eigenvalue weighted by Gasteiger charge is 2.29. The van der Waals surface area contributed by atoms with E-state index in [9.17, 15) is 9.67 Å². The molecule has 0 radical (unpaired) electrons. The Kier molecular flexibility index (Phi) is 9.25. The summed E-state index contributed by atoms with van der Waals surface area (Å²) in [6.07, 6.45) is 3.40. The monoisotopic (exact) mass is 473 g/mol. The fourth-order valence-electron chi connectivity index (χ4n) is 3.02. The number of hydrogen-bond acceptors (Lipinski definition) is 5. The van der Waals surface area contributed by atoms with Crippen molar-refractivity contribution in [1.29, 1.82) is 0 Å². The molecule has 0 amide bonds. The fourth-order valence-corrected chi connectivity index (χ4v) is 4.77. The molecule has 2 rings (SSSR count). The number of rotatable bonds is 11. The van der Waals surface area contributed by atoms with Gasteiger partial charge < -0.3 is 20.6 Å². The van der Waals surface area contributed by atoms with Crippen LogP contribution < -0.4 is 5.73 Å². The Morgan fingerprint density at radius 1 is 1.20 bits per heavy atom. The molecule has 0 bridgehead atoms. The van der Waals surface area contributed by atoms with Crippen molar-refractivity contribution in [2.24, 2.45) is 5.73 Å². The summed E-state index contributed by atoms with van der Waals surface area (Å²) in [6.45, 7) is 3.78. The summed E-state index contributed by atoms with van der Waals surface area (Å²) >= 11 is 7.91. The van der Waals surface area contributed by atoms with Crippen molar-refractivity contribution in [2.45, 2.75) is 61.3 Å². The highest BCUT2D eigenvalue weighted by Crippen LogP contribution is 2.39. The molecule has 6 nitrogen and oxygen atoms in total. The van der Waals surface area contributed by atoms with E-state index < -0.39 is 13.4 Å². The molecule has 9 heteroatoms. The van der Waals surface area contributed by atoms with Crippen molar-refractivity contribution in [3.05, 3.63) is 52.5 Å². The lowest BCUT2D eigenvalue weighted by atomic mass is 9.88. The number of phosphoric acid groups is 1. The highest BCUT2D eigenvalue weighted by atomic mass is 35.5. The zero-order valence-electron chi connectivity index (χ0n) is 17.2. The molecule has 0 spiro atoms. The van der Waals surface area contributed by atoms with Crippen molar-refractivity contribution in [1.82, 2.24) is 0 Å². The predicted octanol–water partition coefficient (Wildman–Crippen LogP) is 5.43. The first-order valence-corrected chi connectivity index (χ1v) is 12.5. The molecule has 166 valence electrons. The van der Waals surface area contributed by atoms with E-state index in [1.165, 1.54) is 11.8 Å². The summed E-state index contributed by atoms with van der Waals surface area (Å²) in [7, 11) is -4.58. The van der Waals surface area contributed by atoms with Crippen LogP contribution in [0.2, 0.25) is 5.02 Å². The molecule has 2 aromatic carbocycles. The minimum atomic E-state index is -4.58. The Bertz CT molecular complexity index is 907. The van der Waals surface area contributed by atoms with E-state index in [0.29, 0.717) is 24.3 Å². The second-order valence-corrected chi connectivity index (χ2v) is 10.3. The summed E-state index contributed by atoms with van der Waals surface area (Å²) in [6, 6.07) is 11.1. The largest absolute Gasteiger partial charge is 0.507 e. The average molecular weight is 474 g/mol. The number of aryl methyl sites for hydroxylation is 2. The first-order valence-electron chi connectivity index (χ1n) is 9.76. The van der Waals surface area contributed by atoms with Gasteiger partial charge >= 0.3 is 7.82 Å². The van der Waals surface area contributed by atoms with Gasteiger partial charge in [0.2, 0.25) is 0 Å². The number of hydrogen-bond donors (Lipinski definition) is 4. The third kappa shape index (κ3) is 8.23. The third-order valence-corrected chi connectivity index (χ3v) is 6.66. The van der Waals surface area contributed by atoms with Crippen LogP contribution in [0.3, 0.4) is 0 Å². The quantitative estimate of drug-likeness (QED) is 0.321. The lowest BCUT2D eigenvalue weighted by molar-refractivity contribution is 0.141. The molecule has 2 aromatic rings. The lowest BCUT2D eigenvalue weighted by Gasteiger charge is -2.29. The van der Waals surface area contributed by atoms with Gasteiger partial charge in [0.25, 0.3) is 0 Å². The highest BCUT2D eigenvalue weighted by molar-refractivity contribution is 7.99. The van der Waals surface area contributed by atoms with Gasteiger partial charge in [-0.3, -0.25) is 4.52 Å². The molecule has 5 N–H and O–H groups in total. The van der Waals surface area contributed by atoms with Gasteiger partial charge in [0, 0.05) is 15.5 Å². The molecule has 0 aliphatic rings. The molecule has 0 saturated heterocycles. The summed E-state index contributed by atoms with van der Waals surface area (Å²) < 4.78 is 15.8. The Balaban J connectivity index is 2.07. The first kappa shape index (κ1) is 25.2. The van der Waals surface area contributed by atoms with Gasteiger partial charge in [-0.2, -0.15) is 0 Å². The number of nitrogens with two attached hydrogens (primary N) is 1. The Hall–Kier alpha value is -1.05. The number of benzene rings is 2. The van der Waals surface area contributed by atoms with Crippen LogP contribution in [0.5, 0.6) is 5.75 Å². The van der Waals surface area contributed by atoms with E-state index in [1.54, 1.807) is 6.07 Å². The molecular weight excluding hydrogens is 445 g/mol. The molecule has 0 aromatic heterocycles. The zero-order valence-corrected chi connectivity index (χ0v) is 19.6. The maximum atomic E-state index is 11.1. The minimum Gasteiger partial charge on any atom is -0.507 e. The van der Waals surface area contributed by atoms with E-state index >= 15 is 0 Å². The zero-order chi connectivity index (χ0) is 22.4. The second-order valence-electron chi connectivity index (χ2n) is 7.56.